The van der Waals surface area contributed by atoms with Gasteiger partial charge in [-0.2, -0.15) is 0 Å². The van der Waals surface area contributed by atoms with E-state index in [1.165, 1.54) is 38.5 Å². The number of aliphatic hydroxyl groups is 1. The van der Waals surface area contributed by atoms with Crippen molar-refractivity contribution in [1.29, 1.82) is 0 Å². The monoisotopic (exact) mass is 336 g/mol. The number of hydrogen-bond acceptors (Lipinski definition) is 2. The first kappa shape index (κ1) is 19.9. The number of fused-ring (bicyclic) bond motifs is 5. The van der Waals surface area contributed by atoms with Gasteiger partial charge in [-0.1, -0.05) is 48.0 Å². The second-order valence-corrected chi connectivity index (χ2v) is 8.97. The average molecular weight is 337 g/mol. The lowest BCUT2D eigenvalue weighted by atomic mass is 9.44. The van der Waals surface area contributed by atoms with Crippen molar-refractivity contribution in [1.82, 2.24) is 0 Å². The highest BCUT2D eigenvalue weighted by atomic mass is 16.3. The van der Waals surface area contributed by atoms with E-state index in [4.69, 9.17) is 0 Å². The first-order valence-corrected chi connectivity index (χ1v) is 10.2. The molecule has 140 valence electrons. The van der Waals surface area contributed by atoms with Gasteiger partial charge in [0.1, 0.15) is 5.78 Å². The molecule has 2 nitrogen and oxygen atoms in total. The second-order valence-electron chi connectivity index (χ2n) is 8.97. The van der Waals surface area contributed by atoms with Crippen LogP contribution in [0.25, 0.3) is 0 Å². The fraction of sp³-hybridized carbons (Fsp3) is 0.955. The quantitative estimate of drug-likeness (QED) is 0.623. The highest BCUT2D eigenvalue weighted by molar-refractivity contribution is 5.87. The summed E-state index contributed by atoms with van der Waals surface area (Å²) < 4.78 is 0. The highest BCUT2D eigenvalue weighted by Crippen LogP contribution is 2.65. The average Bonchev–Trinajstić information content (AvgIpc) is 2.83. The number of rotatable bonds is 0. The molecule has 0 aromatic carbocycles. The third-order valence-corrected chi connectivity index (χ3v) is 8.22. The van der Waals surface area contributed by atoms with E-state index in [-0.39, 0.29) is 18.9 Å². The van der Waals surface area contributed by atoms with Crippen LogP contribution in [0.5, 0.6) is 0 Å². The Labute approximate surface area is 149 Å². The van der Waals surface area contributed by atoms with Crippen LogP contribution in [0.3, 0.4) is 0 Å². The van der Waals surface area contributed by atoms with E-state index in [0.717, 1.165) is 25.2 Å². The Morgan fingerprint density at radius 3 is 2.46 bits per heavy atom. The van der Waals surface area contributed by atoms with Crippen LogP contribution in [0.4, 0.5) is 0 Å². The second kappa shape index (κ2) is 7.09. The molecule has 4 aliphatic carbocycles. The zero-order chi connectivity index (χ0) is 16.8. The molecular weight excluding hydrogens is 296 g/mol. The predicted molar refractivity (Wildman–Crippen MR) is 101 cm³/mol. The minimum atomic E-state index is -0.246. The van der Waals surface area contributed by atoms with Crippen molar-refractivity contribution in [3.63, 3.8) is 0 Å². The van der Waals surface area contributed by atoms with Crippen LogP contribution < -0.4 is 0 Å². The van der Waals surface area contributed by atoms with Gasteiger partial charge < -0.3 is 5.11 Å². The minimum Gasteiger partial charge on any atom is -0.393 e. The highest BCUT2D eigenvalue weighted by Gasteiger charge is 2.62. The van der Waals surface area contributed by atoms with Gasteiger partial charge in [0.2, 0.25) is 0 Å². The van der Waals surface area contributed by atoms with Gasteiger partial charge in [0.15, 0.2) is 0 Å². The summed E-state index contributed by atoms with van der Waals surface area (Å²) in [6, 6.07) is 0. The van der Waals surface area contributed by atoms with Crippen LogP contribution >= 0.6 is 0 Å². The zero-order valence-electron chi connectivity index (χ0n) is 15.6. The topological polar surface area (TPSA) is 37.3 Å². The number of aliphatic hydroxyl groups excluding tert-OH is 1. The van der Waals surface area contributed by atoms with Crippen molar-refractivity contribution in [2.24, 2.45) is 34.5 Å². The first-order valence-electron chi connectivity index (χ1n) is 10.2. The summed E-state index contributed by atoms with van der Waals surface area (Å²) in [6.45, 7) is 8.62. The molecule has 4 aliphatic rings. The Morgan fingerprint density at radius 1 is 1.04 bits per heavy atom. The SMILES string of the molecule is C.CC.CC12CC(O)C3C(CCC4CCCCC43C)C1CCC2=O. The molecule has 2 heteroatoms. The Morgan fingerprint density at radius 2 is 1.75 bits per heavy atom. The van der Waals surface area contributed by atoms with Crippen molar-refractivity contribution >= 4 is 5.78 Å². The molecule has 0 amide bonds. The van der Waals surface area contributed by atoms with Crippen molar-refractivity contribution in [3.8, 4) is 0 Å². The summed E-state index contributed by atoms with van der Waals surface area (Å²) in [5.41, 5.74) is 0.131. The number of carbonyl (C=O) groups is 1. The molecule has 0 saturated heterocycles. The van der Waals surface area contributed by atoms with E-state index in [9.17, 15) is 9.90 Å². The number of hydrogen-bond donors (Lipinski definition) is 1. The summed E-state index contributed by atoms with van der Waals surface area (Å²) >= 11 is 0. The van der Waals surface area contributed by atoms with E-state index >= 15 is 0 Å². The van der Waals surface area contributed by atoms with Crippen LogP contribution in [0.1, 0.15) is 92.9 Å². The van der Waals surface area contributed by atoms with E-state index in [1.54, 1.807) is 0 Å². The number of Topliss-reactive ketones (excluding diaryl/α,β-unsaturated/α-hetero) is 1. The summed E-state index contributed by atoms with van der Waals surface area (Å²) in [7, 11) is 0. The lowest BCUT2D eigenvalue weighted by molar-refractivity contribution is -0.168. The molecule has 0 bridgehead atoms. The van der Waals surface area contributed by atoms with Crippen molar-refractivity contribution in [2.45, 2.75) is 99.0 Å². The van der Waals surface area contributed by atoms with Gasteiger partial charge in [0, 0.05) is 11.8 Å². The molecule has 0 radical (unpaired) electrons. The molecular formula is C22H40O2. The van der Waals surface area contributed by atoms with Gasteiger partial charge in [-0.25, -0.2) is 0 Å². The van der Waals surface area contributed by atoms with Gasteiger partial charge in [-0.05, 0) is 67.6 Å². The lowest BCUT2D eigenvalue weighted by Crippen LogP contribution is -2.58. The Balaban J connectivity index is 0.000000670. The minimum absolute atomic E-state index is 0. The molecule has 4 fully saturated rings. The summed E-state index contributed by atoms with van der Waals surface area (Å²) in [5, 5.41) is 11.0. The van der Waals surface area contributed by atoms with Gasteiger partial charge in [-0.3, -0.25) is 4.79 Å². The maximum Gasteiger partial charge on any atom is 0.139 e. The van der Waals surface area contributed by atoms with Crippen LogP contribution in [0.2, 0.25) is 0 Å². The normalized spacial score (nSPS) is 49.7. The maximum atomic E-state index is 12.4. The maximum absolute atomic E-state index is 12.4. The van der Waals surface area contributed by atoms with Gasteiger partial charge in [0.05, 0.1) is 6.10 Å². The summed E-state index contributed by atoms with van der Waals surface area (Å²) in [5.74, 6) is 2.87. The molecule has 4 saturated carbocycles. The van der Waals surface area contributed by atoms with Gasteiger partial charge >= 0.3 is 0 Å². The van der Waals surface area contributed by atoms with Gasteiger partial charge in [0.25, 0.3) is 0 Å². The molecule has 0 aromatic heterocycles. The van der Waals surface area contributed by atoms with E-state index in [0.29, 0.717) is 29.0 Å². The standard InChI is InChI=1S/C19H30O2.C2H6.CH4/c1-18-10-4-3-5-12(18)6-7-13-14-8-9-16(21)19(14,2)11-15(20)17(13)18;1-2;/h12-15,17,20H,3-11H2,1-2H3;1-2H3;1H4. The molecule has 24 heavy (non-hydrogen) atoms. The van der Waals surface area contributed by atoms with Crippen molar-refractivity contribution in [2.75, 3.05) is 0 Å². The van der Waals surface area contributed by atoms with Gasteiger partial charge in [-0.15, -0.1) is 0 Å². The van der Waals surface area contributed by atoms with E-state index in [1.807, 2.05) is 13.8 Å². The smallest absolute Gasteiger partial charge is 0.139 e. The fourth-order valence-electron chi connectivity index (χ4n) is 7.19. The summed E-state index contributed by atoms with van der Waals surface area (Å²) in [4.78, 5) is 12.4. The molecule has 0 heterocycles. The Bertz CT molecular complexity index is 459. The summed E-state index contributed by atoms with van der Waals surface area (Å²) in [6.07, 6.45) is 10.3. The van der Waals surface area contributed by atoms with E-state index < -0.39 is 0 Å². The van der Waals surface area contributed by atoms with E-state index in [2.05, 4.69) is 13.8 Å². The molecule has 0 aromatic rings. The molecule has 1 N–H and O–H groups in total. The molecule has 4 rings (SSSR count). The van der Waals surface area contributed by atoms with Crippen LogP contribution in [-0.2, 0) is 4.79 Å². The van der Waals surface area contributed by atoms with Crippen molar-refractivity contribution in [3.05, 3.63) is 0 Å². The number of ketones is 1. The first-order chi connectivity index (χ1) is 11.0. The molecule has 0 aliphatic heterocycles. The third kappa shape index (κ3) is 2.68. The molecule has 0 spiro atoms. The number of carbonyl (C=O) groups excluding carboxylic acids is 1. The van der Waals surface area contributed by atoms with Crippen LogP contribution in [-0.4, -0.2) is 17.0 Å². The largest absolute Gasteiger partial charge is 0.393 e. The van der Waals surface area contributed by atoms with Crippen LogP contribution in [0, 0.1) is 34.5 Å². The third-order valence-electron chi connectivity index (χ3n) is 8.22. The fourth-order valence-corrected chi connectivity index (χ4v) is 7.19. The Hall–Kier alpha value is -0.370. The lowest BCUT2D eigenvalue weighted by Gasteiger charge is -2.61. The van der Waals surface area contributed by atoms with Crippen LogP contribution in [0.15, 0.2) is 0 Å². The van der Waals surface area contributed by atoms with Crippen molar-refractivity contribution < 1.29 is 9.90 Å². The zero-order valence-corrected chi connectivity index (χ0v) is 15.6. The Kier molecular flexibility index (Phi) is 5.90. The molecule has 7 atom stereocenters. The predicted octanol–water partition coefficient (Wildman–Crippen LogP) is 5.62. The molecule has 7 unspecified atom stereocenters.